The summed E-state index contributed by atoms with van der Waals surface area (Å²) in [6.07, 6.45) is 1.57. The first kappa shape index (κ1) is 18.5. The summed E-state index contributed by atoms with van der Waals surface area (Å²) in [5.74, 6) is -0.955. The first-order valence-corrected chi connectivity index (χ1v) is 9.44. The molecule has 10 heteroatoms. The molecule has 2 aromatic rings. The van der Waals surface area contributed by atoms with Gasteiger partial charge in [-0.2, -0.15) is 0 Å². The minimum absolute atomic E-state index is 0.0240. The standard InChI is InChI=1S/C13H9BrCl2N2O3S2/c14-10-4-17-13(23-10)18-11(19)5-21-12(20)6-22-9-3-7(15)1-2-8(9)16/h1-4H,5-6H2,(H,17,18,19). The van der Waals surface area contributed by atoms with Crippen LogP contribution in [0.3, 0.4) is 0 Å². The molecule has 1 aromatic heterocycles. The molecule has 1 amide bonds. The Balaban J connectivity index is 1.74. The van der Waals surface area contributed by atoms with E-state index in [1.165, 1.54) is 23.1 Å². The summed E-state index contributed by atoms with van der Waals surface area (Å²) in [5.41, 5.74) is 0. The van der Waals surface area contributed by atoms with Crippen LogP contribution in [0.4, 0.5) is 5.13 Å². The number of hydrogen-bond donors (Lipinski definition) is 1. The molecule has 0 spiro atoms. The number of nitrogens with one attached hydrogen (secondary N) is 1. The Morgan fingerprint density at radius 2 is 2.17 bits per heavy atom. The van der Waals surface area contributed by atoms with Gasteiger partial charge in [0, 0.05) is 9.92 Å². The average molecular weight is 456 g/mol. The molecule has 1 aromatic carbocycles. The molecule has 0 bridgehead atoms. The quantitative estimate of drug-likeness (QED) is 0.513. The van der Waals surface area contributed by atoms with Gasteiger partial charge in [-0.1, -0.05) is 34.5 Å². The summed E-state index contributed by atoms with van der Waals surface area (Å²) >= 11 is 17.5. The van der Waals surface area contributed by atoms with Crippen molar-refractivity contribution in [2.24, 2.45) is 0 Å². The maximum atomic E-state index is 11.7. The van der Waals surface area contributed by atoms with E-state index in [9.17, 15) is 9.59 Å². The summed E-state index contributed by atoms with van der Waals surface area (Å²) in [4.78, 5) is 27.9. The van der Waals surface area contributed by atoms with E-state index in [0.29, 0.717) is 20.1 Å². The second-order valence-corrected chi connectivity index (χ2v) is 8.31. The van der Waals surface area contributed by atoms with Crippen LogP contribution in [0.1, 0.15) is 0 Å². The SMILES string of the molecule is O=C(COC(=O)CSc1cc(Cl)ccc1Cl)Nc1ncc(Br)s1. The number of thiazole rings is 1. The fourth-order valence-corrected chi connectivity index (χ4v) is 3.79. The Morgan fingerprint density at radius 3 is 2.87 bits per heavy atom. The predicted octanol–water partition coefficient (Wildman–Crippen LogP) is 4.49. The minimum atomic E-state index is -0.526. The van der Waals surface area contributed by atoms with Gasteiger partial charge < -0.3 is 4.74 Å². The van der Waals surface area contributed by atoms with Gasteiger partial charge in [0.2, 0.25) is 0 Å². The molecule has 0 radical (unpaired) electrons. The van der Waals surface area contributed by atoms with Gasteiger partial charge in [0.1, 0.15) is 0 Å². The molecule has 0 aliphatic heterocycles. The van der Waals surface area contributed by atoms with Crippen LogP contribution in [0.2, 0.25) is 10.0 Å². The van der Waals surface area contributed by atoms with E-state index in [1.54, 1.807) is 24.4 Å². The Hall–Kier alpha value is -0.800. The van der Waals surface area contributed by atoms with Crippen molar-refractivity contribution >= 4 is 79.2 Å². The molecule has 0 aliphatic carbocycles. The second kappa shape index (κ2) is 8.89. The first-order valence-electron chi connectivity index (χ1n) is 6.08. The number of carbonyl (C=O) groups is 2. The van der Waals surface area contributed by atoms with E-state index in [4.69, 9.17) is 27.9 Å². The molecular weight excluding hydrogens is 447 g/mol. The normalized spacial score (nSPS) is 10.4. The fraction of sp³-hybridized carbons (Fsp3) is 0.154. The van der Waals surface area contributed by atoms with E-state index in [0.717, 1.165) is 3.79 Å². The first-order chi connectivity index (χ1) is 10.9. The molecule has 5 nitrogen and oxygen atoms in total. The Kier molecular flexibility index (Phi) is 7.16. The van der Waals surface area contributed by atoms with Crippen LogP contribution < -0.4 is 5.32 Å². The molecule has 0 saturated carbocycles. The number of nitrogens with zero attached hydrogens (tertiary/aromatic N) is 1. The zero-order chi connectivity index (χ0) is 16.8. The highest BCUT2D eigenvalue weighted by atomic mass is 79.9. The monoisotopic (exact) mass is 454 g/mol. The van der Waals surface area contributed by atoms with Gasteiger partial charge in [-0.05, 0) is 34.1 Å². The van der Waals surface area contributed by atoms with Crippen LogP contribution in [0, 0.1) is 0 Å². The van der Waals surface area contributed by atoms with E-state index in [1.807, 2.05) is 0 Å². The lowest BCUT2D eigenvalue weighted by Crippen LogP contribution is -2.21. The largest absolute Gasteiger partial charge is 0.455 e. The third-order valence-electron chi connectivity index (χ3n) is 2.33. The minimum Gasteiger partial charge on any atom is -0.455 e. The van der Waals surface area contributed by atoms with Crippen molar-refractivity contribution in [3.8, 4) is 0 Å². The van der Waals surface area contributed by atoms with Crippen LogP contribution >= 0.6 is 62.2 Å². The van der Waals surface area contributed by atoms with Gasteiger partial charge in [-0.25, -0.2) is 4.98 Å². The maximum Gasteiger partial charge on any atom is 0.316 e. The maximum absolute atomic E-state index is 11.7. The van der Waals surface area contributed by atoms with Gasteiger partial charge >= 0.3 is 5.97 Å². The zero-order valence-electron chi connectivity index (χ0n) is 11.3. The highest BCUT2D eigenvalue weighted by Gasteiger charge is 2.11. The number of hydrogen-bond acceptors (Lipinski definition) is 6. The molecule has 122 valence electrons. The van der Waals surface area contributed by atoms with Crippen LogP contribution in [0.25, 0.3) is 0 Å². The van der Waals surface area contributed by atoms with Gasteiger partial charge in [-0.15, -0.1) is 11.8 Å². The van der Waals surface area contributed by atoms with E-state index in [-0.39, 0.29) is 12.4 Å². The summed E-state index contributed by atoms with van der Waals surface area (Å²) in [7, 11) is 0. The number of amides is 1. The summed E-state index contributed by atoms with van der Waals surface area (Å²) in [5, 5.41) is 3.98. The fourth-order valence-electron chi connectivity index (χ4n) is 1.38. The lowest BCUT2D eigenvalue weighted by atomic mass is 10.4. The molecule has 0 saturated heterocycles. The number of thioether (sulfide) groups is 1. The number of benzene rings is 1. The van der Waals surface area contributed by atoms with Crippen molar-refractivity contribution in [2.75, 3.05) is 17.7 Å². The van der Waals surface area contributed by atoms with E-state index >= 15 is 0 Å². The molecule has 1 N–H and O–H groups in total. The number of aromatic nitrogens is 1. The smallest absolute Gasteiger partial charge is 0.316 e. The molecular formula is C13H9BrCl2N2O3S2. The van der Waals surface area contributed by atoms with Crippen LogP contribution in [0.5, 0.6) is 0 Å². The lowest BCUT2D eigenvalue weighted by molar-refractivity contribution is -0.144. The molecule has 0 fully saturated rings. The van der Waals surface area contributed by atoms with Gasteiger partial charge in [0.05, 0.1) is 20.8 Å². The summed E-state index contributed by atoms with van der Waals surface area (Å²) in [6.45, 7) is -0.375. The predicted molar refractivity (Wildman–Crippen MR) is 96.6 cm³/mol. The average Bonchev–Trinajstić information content (AvgIpc) is 2.91. The number of esters is 1. The van der Waals surface area contributed by atoms with E-state index in [2.05, 4.69) is 26.2 Å². The highest BCUT2D eigenvalue weighted by Crippen LogP contribution is 2.29. The number of ether oxygens (including phenoxy) is 1. The molecule has 0 unspecified atom stereocenters. The summed E-state index contributed by atoms with van der Waals surface area (Å²) < 4.78 is 5.68. The van der Waals surface area contributed by atoms with Crippen LogP contribution in [-0.4, -0.2) is 29.2 Å². The van der Waals surface area contributed by atoms with Gasteiger partial charge in [0.25, 0.3) is 5.91 Å². The number of carbonyl (C=O) groups excluding carboxylic acids is 2. The molecule has 23 heavy (non-hydrogen) atoms. The van der Waals surface area contributed by atoms with Crippen LogP contribution in [0.15, 0.2) is 33.1 Å². The Bertz CT molecular complexity index is 727. The third kappa shape index (κ3) is 6.31. The number of rotatable bonds is 6. The van der Waals surface area contributed by atoms with Crippen LogP contribution in [-0.2, 0) is 14.3 Å². The number of anilines is 1. The number of halogens is 3. The zero-order valence-corrected chi connectivity index (χ0v) is 16.1. The lowest BCUT2D eigenvalue weighted by Gasteiger charge is -2.06. The van der Waals surface area contributed by atoms with E-state index < -0.39 is 11.9 Å². The molecule has 2 rings (SSSR count). The third-order valence-corrected chi connectivity index (χ3v) is 5.42. The molecule has 1 heterocycles. The Labute approximate surface area is 158 Å². The second-order valence-electron chi connectivity index (χ2n) is 4.04. The summed E-state index contributed by atoms with van der Waals surface area (Å²) in [6, 6.07) is 4.97. The van der Waals surface area contributed by atoms with Crippen molar-refractivity contribution in [3.63, 3.8) is 0 Å². The Morgan fingerprint density at radius 1 is 1.39 bits per heavy atom. The van der Waals surface area contributed by atoms with Gasteiger partial charge in [-0.3, -0.25) is 14.9 Å². The topological polar surface area (TPSA) is 68.3 Å². The van der Waals surface area contributed by atoms with Gasteiger partial charge in [0.15, 0.2) is 11.7 Å². The molecule has 0 aliphatic rings. The van der Waals surface area contributed by atoms with Crippen molar-refractivity contribution in [1.29, 1.82) is 0 Å². The highest BCUT2D eigenvalue weighted by molar-refractivity contribution is 9.11. The molecule has 0 atom stereocenters. The van der Waals surface area contributed by atoms with Crippen molar-refractivity contribution in [1.82, 2.24) is 4.98 Å². The van der Waals surface area contributed by atoms with Crippen molar-refractivity contribution in [2.45, 2.75) is 4.90 Å². The van der Waals surface area contributed by atoms with Crippen molar-refractivity contribution < 1.29 is 14.3 Å². The van der Waals surface area contributed by atoms with Crippen molar-refractivity contribution in [3.05, 3.63) is 38.2 Å².